The molecule has 0 aromatic heterocycles. The number of hydrogen-bond acceptors (Lipinski definition) is 6. The number of likely N-dealkylation sites (tertiary alicyclic amines) is 1. The highest BCUT2D eigenvalue weighted by molar-refractivity contribution is 5.94. The quantitative estimate of drug-likeness (QED) is 0.0539. The second-order valence-corrected chi connectivity index (χ2v) is 15.0. The van der Waals surface area contributed by atoms with Gasteiger partial charge in [0.1, 0.15) is 24.2 Å². The molecule has 0 bridgehead atoms. The molecule has 12 heteroatoms. The molecule has 5 N–H and O–H groups in total. The number of nitrogens with one attached hydrogen (secondary N) is 3. The Morgan fingerprint density at radius 1 is 0.667 bits per heavy atom. The number of unbranched alkanes of at least 4 members (excludes halogenated alkanes) is 16. The fraction of sp³-hybridized carbons (Fsp3) is 0.714. The maximum absolute atomic E-state index is 13.3. The van der Waals surface area contributed by atoms with Crippen molar-refractivity contribution >= 4 is 35.6 Å². The monoisotopic (exact) mass is 757 g/mol. The largest absolute Gasteiger partial charge is 0.480 e. The van der Waals surface area contributed by atoms with Gasteiger partial charge in [0.05, 0.1) is 0 Å². The zero-order chi connectivity index (χ0) is 39.6. The topological polar surface area (TPSA) is 182 Å². The third kappa shape index (κ3) is 19.4. The Bertz CT molecular complexity index is 1280. The van der Waals surface area contributed by atoms with Crippen molar-refractivity contribution in [2.24, 2.45) is 0 Å². The zero-order valence-electron chi connectivity index (χ0n) is 33.0. The predicted molar refractivity (Wildman–Crippen MR) is 210 cm³/mol. The highest BCUT2D eigenvalue weighted by atomic mass is 16.4. The summed E-state index contributed by atoms with van der Waals surface area (Å²) in [6.45, 7) is 4.01. The molecular weight excluding hydrogens is 688 g/mol. The van der Waals surface area contributed by atoms with E-state index in [0.29, 0.717) is 19.3 Å². The van der Waals surface area contributed by atoms with E-state index >= 15 is 0 Å². The summed E-state index contributed by atoms with van der Waals surface area (Å²) in [6.07, 6.45) is 21.9. The van der Waals surface area contributed by atoms with Crippen LogP contribution in [0.25, 0.3) is 0 Å². The van der Waals surface area contributed by atoms with Gasteiger partial charge in [-0.1, -0.05) is 140 Å². The molecule has 1 aromatic carbocycles. The van der Waals surface area contributed by atoms with E-state index < -0.39 is 53.8 Å². The minimum Gasteiger partial charge on any atom is -0.480 e. The van der Waals surface area contributed by atoms with Gasteiger partial charge in [-0.05, 0) is 38.2 Å². The fourth-order valence-corrected chi connectivity index (χ4v) is 7.05. The van der Waals surface area contributed by atoms with Crippen LogP contribution in [0.2, 0.25) is 0 Å². The third-order valence-corrected chi connectivity index (χ3v) is 10.3. The van der Waals surface area contributed by atoms with Crippen molar-refractivity contribution in [3.8, 4) is 0 Å². The first-order chi connectivity index (χ1) is 26.0. The van der Waals surface area contributed by atoms with Gasteiger partial charge in [0, 0.05) is 25.8 Å². The number of amides is 4. The Balaban J connectivity index is 1.61. The molecule has 0 unspecified atom stereocenters. The molecule has 1 heterocycles. The van der Waals surface area contributed by atoms with Gasteiger partial charge < -0.3 is 31.1 Å². The first-order valence-corrected chi connectivity index (χ1v) is 20.7. The smallest absolute Gasteiger partial charge is 0.326 e. The summed E-state index contributed by atoms with van der Waals surface area (Å²) >= 11 is 0. The summed E-state index contributed by atoms with van der Waals surface area (Å²) in [5.74, 6) is -4.40. The minimum absolute atomic E-state index is 0.0897. The van der Waals surface area contributed by atoms with Crippen LogP contribution in [0.4, 0.5) is 0 Å². The number of aliphatic carboxylic acids is 2. The number of rotatable bonds is 30. The molecule has 1 aliphatic heterocycles. The molecule has 2 rings (SSSR count). The Hall–Kier alpha value is -3.96. The number of hydrogen-bond donors (Lipinski definition) is 5. The molecule has 0 radical (unpaired) electrons. The van der Waals surface area contributed by atoms with E-state index in [1.54, 1.807) is 24.3 Å². The van der Waals surface area contributed by atoms with Gasteiger partial charge in [-0.15, -0.1) is 0 Å². The van der Waals surface area contributed by atoms with Crippen LogP contribution >= 0.6 is 0 Å². The molecule has 4 atom stereocenters. The van der Waals surface area contributed by atoms with Gasteiger partial charge in [0.25, 0.3) is 0 Å². The maximum Gasteiger partial charge on any atom is 0.326 e. The highest BCUT2D eigenvalue weighted by Gasteiger charge is 2.38. The van der Waals surface area contributed by atoms with E-state index in [9.17, 15) is 39.0 Å². The Morgan fingerprint density at radius 2 is 1.17 bits per heavy atom. The molecule has 0 aliphatic carbocycles. The molecule has 4 amide bonds. The lowest BCUT2D eigenvalue weighted by molar-refractivity contribution is -0.145. The van der Waals surface area contributed by atoms with Crippen molar-refractivity contribution in [2.75, 3.05) is 6.54 Å². The van der Waals surface area contributed by atoms with E-state index in [4.69, 9.17) is 0 Å². The first kappa shape index (κ1) is 46.2. The zero-order valence-corrected chi connectivity index (χ0v) is 33.0. The van der Waals surface area contributed by atoms with Gasteiger partial charge in [-0.2, -0.15) is 0 Å². The first-order valence-electron chi connectivity index (χ1n) is 20.7. The predicted octanol–water partition coefficient (Wildman–Crippen LogP) is 6.69. The average molecular weight is 757 g/mol. The Kier molecular flexibility index (Phi) is 23.6. The number of nitrogens with zero attached hydrogens (tertiary/aromatic N) is 1. The van der Waals surface area contributed by atoms with Crippen LogP contribution in [0.1, 0.15) is 161 Å². The molecule has 54 heavy (non-hydrogen) atoms. The highest BCUT2D eigenvalue weighted by Crippen LogP contribution is 2.20. The summed E-state index contributed by atoms with van der Waals surface area (Å²) in [4.78, 5) is 76.6. The summed E-state index contributed by atoms with van der Waals surface area (Å²) < 4.78 is 0. The van der Waals surface area contributed by atoms with Gasteiger partial charge >= 0.3 is 11.9 Å². The van der Waals surface area contributed by atoms with E-state index in [0.717, 1.165) is 24.8 Å². The molecule has 1 aromatic rings. The van der Waals surface area contributed by atoms with Crippen molar-refractivity contribution in [2.45, 2.75) is 186 Å². The SMILES string of the molecule is CCCCCCCCCCCCCCCCCCCC(=O)N[C@@H](CCC(=O)N[C@@H](C)C(=O)N1CCC[C@H]1C(=O)N[C@@H](Cc1ccccc1)C(=O)O)C(=O)O. The van der Waals surface area contributed by atoms with Crippen molar-refractivity contribution in [1.82, 2.24) is 20.9 Å². The summed E-state index contributed by atoms with van der Waals surface area (Å²) in [5.41, 5.74) is 0.746. The number of carbonyl (C=O) groups excluding carboxylic acids is 4. The number of carboxylic acid groups (broad SMARTS) is 2. The van der Waals surface area contributed by atoms with E-state index in [2.05, 4.69) is 22.9 Å². The van der Waals surface area contributed by atoms with Crippen LogP contribution in [-0.4, -0.2) is 81.4 Å². The molecule has 1 fully saturated rings. The standard InChI is InChI=1S/C42H68N4O8/c1-3-4-5-6-7-8-9-10-11-12-13-14-15-16-17-18-22-27-37(47)44-34(41(51)52)28-29-38(48)43-32(2)40(50)46-30-23-26-36(46)39(49)45-35(42(53)54)31-33-24-20-19-21-25-33/h19-21,24-25,32,34-36H,3-18,22-23,26-31H2,1-2H3,(H,43,48)(H,44,47)(H,45,49)(H,51,52)(H,53,54)/t32-,34-,35-,36-/m0/s1. The maximum atomic E-state index is 13.3. The van der Waals surface area contributed by atoms with Crippen LogP contribution in [0.5, 0.6) is 0 Å². The van der Waals surface area contributed by atoms with Crippen LogP contribution in [-0.2, 0) is 35.2 Å². The molecular formula is C42H68N4O8. The molecule has 1 saturated heterocycles. The van der Waals surface area contributed by atoms with E-state index in [1.807, 2.05) is 6.07 Å². The van der Waals surface area contributed by atoms with Crippen LogP contribution in [0.15, 0.2) is 30.3 Å². The second kappa shape index (κ2) is 27.6. The lowest BCUT2D eigenvalue weighted by Crippen LogP contribution is -2.55. The molecule has 304 valence electrons. The average Bonchev–Trinajstić information content (AvgIpc) is 3.64. The summed E-state index contributed by atoms with van der Waals surface area (Å²) in [5, 5.41) is 27.0. The normalized spacial score (nSPS) is 15.6. The molecule has 0 saturated carbocycles. The second-order valence-electron chi connectivity index (χ2n) is 15.0. The molecule has 0 spiro atoms. The van der Waals surface area contributed by atoms with Crippen molar-refractivity contribution < 1.29 is 39.0 Å². The number of benzene rings is 1. The Labute approximate surface area is 323 Å². The van der Waals surface area contributed by atoms with E-state index in [-0.39, 0.29) is 38.1 Å². The van der Waals surface area contributed by atoms with Crippen LogP contribution in [0, 0.1) is 0 Å². The van der Waals surface area contributed by atoms with Crippen molar-refractivity contribution in [3.05, 3.63) is 35.9 Å². The van der Waals surface area contributed by atoms with Gasteiger partial charge in [-0.3, -0.25) is 19.2 Å². The van der Waals surface area contributed by atoms with Crippen LogP contribution in [0.3, 0.4) is 0 Å². The van der Waals surface area contributed by atoms with Gasteiger partial charge in [0.15, 0.2) is 0 Å². The summed E-state index contributed by atoms with van der Waals surface area (Å²) in [7, 11) is 0. The summed E-state index contributed by atoms with van der Waals surface area (Å²) in [6, 6.07) is 4.64. The number of carboxylic acids is 2. The fourth-order valence-electron chi connectivity index (χ4n) is 7.05. The molecule has 12 nitrogen and oxygen atoms in total. The van der Waals surface area contributed by atoms with E-state index in [1.165, 1.54) is 95.3 Å². The van der Waals surface area contributed by atoms with Gasteiger partial charge in [0.2, 0.25) is 23.6 Å². The third-order valence-electron chi connectivity index (χ3n) is 10.3. The minimum atomic E-state index is -1.24. The molecule has 1 aliphatic rings. The lowest BCUT2D eigenvalue weighted by atomic mass is 10.0. The van der Waals surface area contributed by atoms with Crippen molar-refractivity contribution in [3.63, 3.8) is 0 Å². The lowest BCUT2D eigenvalue weighted by Gasteiger charge is -2.28. The van der Waals surface area contributed by atoms with Crippen LogP contribution < -0.4 is 16.0 Å². The van der Waals surface area contributed by atoms with Crippen molar-refractivity contribution in [1.29, 1.82) is 0 Å². The number of carbonyl (C=O) groups is 6. The van der Waals surface area contributed by atoms with Gasteiger partial charge in [-0.25, -0.2) is 9.59 Å². The Morgan fingerprint density at radius 3 is 1.69 bits per heavy atom.